The topological polar surface area (TPSA) is 69.6 Å². The van der Waals surface area contributed by atoms with Gasteiger partial charge in [-0.2, -0.15) is 0 Å². The van der Waals surface area contributed by atoms with Gasteiger partial charge in [-0.3, -0.25) is 9.88 Å². The normalized spacial score (nSPS) is 13.1. The molecule has 1 unspecified atom stereocenters. The van der Waals surface area contributed by atoms with Crippen LogP contribution in [0.4, 0.5) is 0 Å². The van der Waals surface area contributed by atoms with Crippen LogP contribution in [0.15, 0.2) is 66.7 Å². The average Bonchev–Trinajstić information content (AvgIpc) is 2.55. The van der Waals surface area contributed by atoms with Crippen molar-refractivity contribution in [3.8, 4) is 0 Å². The molecule has 0 radical (unpaired) electrons. The number of benzene rings is 3. The van der Waals surface area contributed by atoms with E-state index >= 15 is 0 Å². The highest BCUT2D eigenvalue weighted by Crippen LogP contribution is 2.50. The molecule has 0 saturated carbocycles. The Morgan fingerprint density at radius 3 is 2.29 bits per heavy atom. The van der Waals surface area contributed by atoms with E-state index in [2.05, 4.69) is 5.32 Å². The molecule has 3 aromatic carbocycles. The monoisotopic (exact) mass is 341 g/mol. The van der Waals surface area contributed by atoms with Crippen molar-refractivity contribution in [2.45, 2.75) is 19.3 Å². The summed E-state index contributed by atoms with van der Waals surface area (Å²) in [5.41, 5.74) is 2.73. The molecule has 24 heavy (non-hydrogen) atoms. The zero-order chi connectivity index (χ0) is 17.2. The Labute approximate surface area is 141 Å². The maximum atomic E-state index is 12.0. The summed E-state index contributed by atoms with van der Waals surface area (Å²) >= 11 is 0. The lowest BCUT2D eigenvalue weighted by Gasteiger charge is -2.21. The zero-order valence-electron chi connectivity index (χ0n) is 13.4. The second kappa shape index (κ2) is 6.88. The molecule has 0 aromatic heterocycles. The fourth-order valence-electron chi connectivity index (χ4n) is 2.73. The van der Waals surface area contributed by atoms with E-state index in [4.69, 9.17) is 0 Å². The number of hydrogen-bond donors (Lipinski definition) is 3. The molecule has 0 heterocycles. The number of nitrogens with one attached hydrogen (secondary N) is 1. The van der Waals surface area contributed by atoms with Gasteiger partial charge in [-0.15, -0.1) is 0 Å². The van der Waals surface area contributed by atoms with Crippen molar-refractivity contribution >= 4 is 18.4 Å². The molecular formula is C19H20NO3P. The summed E-state index contributed by atoms with van der Waals surface area (Å²) in [6.45, 7) is 2.40. The van der Waals surface area contributed by atoms with Gasteiger partial charge in [-0.1, -0.05) is 66.2 Å². The molecule has 3 rings (SSSR count). The Kier molecular flexibility index (Phi) is 4.83. The number of rotatable bonds is 5. The van der Waals surface area contributed by atoms with Crippen LogP contribution in [-0.2, 0) is 11.1 Å². The Hall–Kier alpha value is -1.97. The second-order valence-corrected chi connectivity index (χ2v) is 7.66. The molecule has 0 aliphatic carbocycles. The molecule has 0 aliphatic rings. The van der Waals surface area contributed by atoms with Crippen molar-refractivity contribution in [2.75, 3.05) is 0 Å². The molecule has 0 fully saturated rings. The molecule has 3 N–H and O–H groups in total. The van der Waals surface area contributed by atoms with Crippen molar-refractivity contribution in [2.24, 2.45) is 0 Å². The van der Waals surface area contributed by atoms with Crippen molar-refractivity contribution in [3.05, 3.63) is 83.4 Å². The van der Waals surface area contributed by atoms with Crippen molar-refractivity contribution in [1.82, 2.24) is 5.32 Å². The predicted octanol–water partition coefficient (Wildman–Crippen LogP) is 4.11. The smallest absolute Gasteiger partial charge is 0.323 e. The summed E-state index contributed by atoms with van der Waals surface area (Å²) < 4.78 is 12.0. The van der Waals surface area contributed by atoms with E-state index in [1.165, 1.54) is 0 Å². The van der Waals surface area contributed by atoms with E-state index in [0.29, 0.717) is 12.1 Å². The quantitative estimate of drug-likeness (QED) is 0.611. The first-order valence-electron chi connectivity index (χ1n) is 7.76. The van der Waals surface area contributed by atoms with Crippen molar-refractivity contribution in [1.29, 1.82) is 0 Å². The maximum Gasteiger partial charge on any atom is 0.346 e. The molecule has 3 aromatic rings. The Morgan fingerprint density at radius 1 is 0.958 bits per heavy atom. The van der Waals surface area contributed by atoms with Gasteiger partial charge in [0, 0.05) is 6.54 Å². The van der Waals surface area contributed by atoms with Crippen molar-refractivity contribution in [3.63, 3.8) is 0 Å². The van der Waals surface area contributed by atoms with Gasteiger partial charge in [-0.25, -0.2) is 0 Å². The zero-order valence-corrected chi connectivity index (χ0v) is 14.3. The molecule has 5 heteroatoms. The Balaban J connectivity index is 1.87. The SMILES string of the molecule is Cc1ccc(CNC(c2ccc3ccccc3c2)P(=O)(O)O)cc1. The number of hydrogen-bond acceptors (Lipinski definition) is 2. The summed E-state index contributed by atoms with van der Waals surface area (Å²) in [5.74, 6) is -1.02. The van der Waals surface area contributed by atoms with E-state index in [1.807, 2.05) is 67.6 Å². The van der Waals surface area contributed by atoms with E-state index in [-0.39, 0.29) is 0 Å². The average molecular weight is 341 g/mol. The highest BCUT2D eigenvalue weighted by molar-refractivity contribution is 7.52. The molecule has 1 atom stereocenters. The fourth-order valence-corrected chi connectivity index (χ4v) is 3.61. The van der Waals surface area contributed by atoms with Crippen LogP contribution in [-0.4, -0.2) is 9.79 Å². The maximum absolute atomic E-state index is 12.0. The lowest BCUT2D eigenvalue weighted by atomic mass is 10.1. The number of aryl methyl sites for hydroxylation is 1. The predicted molar refractivity (Wildman–Crippen MR) is 96.8 cm³/mol. The largest absolute Gasteiger partial charge is 0.346 e. The minimum atomic E-state index is -4.33. The van der Waals surface area contributed by atoms with Crippen molar-refractivity contribution < 1.29 is 14.4 Å². The van der Waals surface area contributed by atoms with Gasteiger partial charge in [0.2, 0.25) is 0 Å². The lowest BCUT2D eigenvalue weighted by Crippen LogP contribution is -2.21. The molecule has 0 spiro atoms. The first-order valence-corrected chi connectivity index (χ1v) is 9.44. The van der Waals surface area contributed by atoms with Gasteiger partial charge in [0.1, 0.15) is 5.78 Å². The molecule has 0 amide bonds. The van der Waals surface area contributed by atoms with Gasteiger partial charge in [-0.05, 0) is 34.9 Å². The van der Waals surface area contributed by atoms with Crippen LogP contribution in [0, 0.1) is 6.92 Å². The molecule has 4 nitrogen and oxygen atoms in total. The minimum absolute atomic E-state index is 0.392. The van der Waals surface area contributed by atoms with Crippen LogP contribution >= 0.6 is 7.60 Å². The van der Waals surface area contributed by atoms with Gasteiger partial charge < -0.3 is 9.79 Å². The molecular weight excluding hydrogens is 321 g/mol. The van der Waals surface area contributed by atoms with Gasteiger partial charge in [0.15, 0.2) is 0 Å². The Morgan fingerprint density at radius 2 is 1.62 bits per heavy atom. The summed E-state index contributed by atoms with van der Waals surface area (Å²) in [5, 5.41) is 5.02. The lowest BCUT2D eigenvalue weighted by molar-refractivity contribution is 0.347. The van der Waals surface area contributed by atoms with Gasteiger partial charge >= 0.3 is 7.60 Å². The standard InChI is InChI=1S/C19H20NO3P/c1-14-6-8-15(9-7-14)13-20-19(24(21,22)23)18-11-10-16-4-2-3-5-17(16)12-18/h2-12,19-20H,13H2,1H3,(H2,21,22,23). The molecule has 0 saturated heterocycles. The third kappa shape index (κ3) is 3.92. The first kappa shape index (κ1) is 16.9. The Bertz CT molecular complexity index is 887. The van der Waals surface area contributed by atoms with Crippen LogP contribution in [0.5, 0.6) is 0 Å². The molecule has 0 aliphatic heterocycles. The fraction of sp³-hybridized carbons (Fsp3) is 0.158. The highest BCUT2D eigenvalue weighted by Gasteiger charge is 2.30. The third-order valence-corrected chi connectivity index (χ3v) is 5.20. The highest BCUT2D eigenvalue weighted by atomic mass is 31.2. The molecule has 124 valence electrons. The van der Waals surface area contributed by atoms with Gasteiger partial charge in [0.05, 0.1) is 0 Å². The van der Waals surface area contributed by atoms with E-state index in [1.54, 1.807) is 6.07 Å². The minimum Gasteiger partial charge on any atom is -0.323 e. The van der Waals surface area contributed by atoms with Crippen LogP contribution in [0.25, 0.3) is 10.8 Å². The van der Waals surface area contributed by atoms with Crippen LogP contribution < -0.4 is 5.32 Å². The summed E-state index contributed by atoms with van der Waals surface area (Å²) in [4.78, 5) is 19.5. The summed E-state index contributed by atoms with van der Waals surface area (Å²) in [6.07, 6.45) is 0. The van der Waals surface area contributed by atoms with Gasteiger partial charge in [0.25, 0.3) is 0 Å². The number of fused-ring (bicyclic) bond motifs is 1. The third-order valence-electron chi connectivity index (χ3n) is 4.05. The first-order chi connectivity index (χ1) is 11.4. The van der Waals surface area contributed by atoms with Crippen LogP contribution in [0.2, 0.25) is 0 Å². The summed E-state index contributed by atoms with van der Waals surface area (Å²) in [6, 6.07) is 21.2. The van der Waals surface area contributed by atoms with E-state index < -0.39 is 13.4 Å². The second-order valence-electron chi connectivity index (χ2n) is 5.96. The van der Waals surface area contributed by atoms with E-state index in [0.717, 1.165) is 21.9 Å². The summed E-state index contributed by atoms with van der Waals surface area (Å²) in [7, 11) is -4.33. The molecule has 0 bridgehead atoms. The van der Waals surface area contributed by atoms with Crippen LogP contribution in [0.1, 0.15) is 22.5 Å². The van der Waals surface area contributed by atoms with Crippen LogP contribution in [0.3, 0.4) is 0 Å². The van der Waals surface area contributed by atoms with E-state index in [9.17, 15) is 14.4 Å².